The Hall–Kier alpha value is -1.06. The molecule has 1 atom stereocenters. The molecule has 0 saturated carbocycles. The third kappa shape index (κ3) is 2.70. The minimum atomic E-state index is -0.806. The summed E-state index contributed by atoms with van der Waals surface area (Å²) in [7, 11) is 0. The molecule has 15 heavy (non-hydrogen) atoms. The Morgan fingerprint density at radius 2 is 1.93 bits per heavy atom. The van der Waals surface area contributed by atoms with Gasteiger partial charge in [0, 0.05) is 0 Å². The molecule has 3 nitrogen and oxygen atoms in total. The molecule has 0 heterocycles. The van der Waals surface area contributed by atoms with Gasteiger partial charge in [-0.05, 0) is 49.6 Å². The fourth-order valence-electron chi connectivity index (χ4n) is 1.58. The first kappa shape index (κ1) is 12.0. The SMILES string of the molecule is CCOc1cc(C)c(C(O)CO)cc1C. The second-order valence-corrected chi connectivity index (χ2v) is 3.61. The van der Waals surface area contributed by atoms with E-state index in [4.69, 9.17) is 9.84 Å². The minimum Gasteiger partial charge on any atom is -0.494 e. The van der Waals surface area contributed by atoms with Crippen LogP contribution >= 0.6 is 0 Å². The summed E-state index contributed by atoms with van der Waals surface area (Å²) in [5, 5.41) is 18.5. The minimum absolute atomic E-state index is 0.256. The average Bonchev–Trinajstić information content (AvgIpc) is 2.22. The monoisotopic (exact) mass is 210 g/mol. The number of aliphatic hydroxyl groups excluding tert-OH is 2. The van der Waals surface area contributed by atoms with E-state index < -0.39 is 6.10 Å². The molecular weight excluding hydrogens is 192 g/mol. The highest BCUT2D eigenvalue weighted by atomic mass is 16.5. The van der Waals surface area contributed by atoms with E-state index in [0.717, 1.165) is 22.4 Å². The van der Waals surface area contributed by atoms with Crippen LogP contribution in [0.2, 0.25) is 0 Å². The summed E-state index contributed by atoms with van der Waals surface area (Å²) in [5.41, 5.74) is 2.68. The van der Waals surface area contributed by atoms with Crippen molar-refractivity contribution in [3.05, 3.63) is 28.8 Å². The Morgan fingerprint density at radius 3 is 2.47 bits per heavy atom. The number of rotatable bonds is 4. The zero-order valence-corrected chi connectivity index (χ0v) is 9.45. The van der Waals surface area contributed by atoms with Crippen molar-refractivity contribution in [2.45, 2.75) is 26.9 Å². The molecule has 0 fully saturated rings. The summed E-state index contributed by atoms with van der Waals surface area (Å²) in [6.45, 7) is 6.13. The molecule has 3 heteroatoms. The number of aliphatic hydroxyl groups is 2. The number of benzene rings is 1. The zero-order chi connectivity index (χ0) is 11.4. The van der Waals surface area contributed by atoms with Crippen LogP contribution in [-0.2, 0) is 0 Å². The topological polar surface area (TPSA) is 49.7 Å². The summed E-state index contributed by atoms with van der Waals surface area (Å²) in [6, 6.07) is 3.76. The van der Waals surface area contributed by atoms with Crippen molar-refractivity contribution in [1.29, 1.82) is 0 Å². The van der Waals surface area contributed by atoms with Crippen molar-refractivity contribution < 1.29 is 14.9 Å². The highest BCUT2D eigenvalue weighted by molar-refractivity contribution is 5.42. The molecule has 0 aliphatic carbocycles. The van der Waals surface area contributed by atoms with Crippen molar-refractivity contribution >= 4 is 0 Å². The molecule has 0 spiro atoms. The van der Waals surface area contributed by atoms with Crippen LogP contribution in [0, 0.1) is 13.8 Å². The molecule has 0 radical (unpaired) electrons. The van der Waals surface area contributed by atoms with E-state index >= 15 is 0 Å². The highest BCUT2D eigenvalue weighted by Crippen LogP contribution is 2.26. The molecule has 0 aromatic heterocycles. The Labute approximate surface area is 90.3 Å². The maximum atomic E-state index is 9.56. The standard InChI is InChI=1S/C12H18O3/c1-4-15-12-6-8(2)10(5-9(12)3)11(14)7-13/h5-6,11,13-14H,4,7H2,1-3H3. The lowest BCUT2D eigenvalue weighted by Crippen LogP contribution is -2.06. The normalized spacial score (nSPS) is 12.6. The van der Waals surface area contributed by atoms with Crippen LogP contribution in [0.3, 0.4) is 0 Å². The largest absolute Gasteiger partial charge is 0.494 e. The van der Waals surface area contributed by atoms with Gasteiger partial charge in [-0.25, -0.2) is 0 Å². The Balaban J connectivity index is 3.07. The van der Waals surface area contributed by atoms with Crippen LogP contribution in [0.25, 0.3) is 0 Å². The molecular formula is C12H18O3. The van der Waals surface area contributed by atoms with Crippen LogP contribution in [0.15, 0.2) is 12.1 Å². The summed E-state index contributed by atoms with van der Waals surface area (Å²) in [6.07, 6.45) is -0.806. The quantitative estimate of drug-likeness (QED) is 0.795. The van der Waals surface area contributed by atoms with Gasteiger partial charge in [0.1, 0.15) is 11.9 Å². The number of hydrogen-bond acceptors (Lipinski definition) is 3. The first-order valence-corrected chi connectivity index (χ1v) is 5.13. The van der Waals surface area contributed by atoms with Crippen molar-refractivity contribution in [2.24, 2.45) is 0 Å². The molecule has 0 aliphatic heterocycles. The second-order valence-electron chi connectivity index (χ2n) is 3.61. The lowest BCUT2D eigenvalue weighted by atomic mass is 10.0. The molecule has 0 bridgehead atoms. The van der Waals surface area contributed by atoms with Gasteiger partial charge in [0.2, 0.25) is 0 Å². The van der Waals surface area contributed by atoms with Crippen LogP contribution in [0.1, 0.15) is 29.7 Å². The van der Waals surface area contributed by atoms with Crippen LogP contribution in [0.4, 0.5) is 0 Å². The molecule has 1 rings (SSSR count). The van der Waals surface area contributed by atoms with Gasteiger partial charge in [-0.1, -0.05) is 0 Å². The fourth-order valence-corrected chi connectivity index (χ4v) is 1.58. The van der Waals surface area contributed by atoms with Crippen molar-refractivity contribution in [3.8, 4) is 5.75 Å². The average molecular weight is 210 g/mol. The first-order valence-electron chi connectivity index (χ1n) is 5.13. The summed E-state index contributed by atoms with van der Waals surface area (Å²) in [4.78, 5) is 0. The predicted molar refractivity (Wildman–Crippen MR) is 59.1 cm³/mol. The number of hydrogen-bond donors (Lipinski definition) is 2. The summed E-state index contributed by atoms with van der Waals surface area (Å²) < 4.78 is 5.44. The third-order valence-electron chi connectivity index (χ3n) is 2.40. The van der Waals surface area contributed by atoms with Gasteiger partial charge >= 0.3 is 0 Å². The highest BCUT2D eigenvalue weighted by Gasteiger charge is 2.11. The number of aryl methyl sites for hydroxylation is 2. The van der Waals surface area contributed by atoms with E-state index in [1.54, 1.807) is 0 Å². The van der Waals surface area contributed by atoms with E-state index in [-0.39, 0.29) is 6.61 Å². The van der Waals surface area contributed by atoms with Gasteiger partial charge in [0.05, 0.1) is 13.2 Å². The molecule has 1 aromatic rings. The van der Waals surface area contributed by atoms with Crippen LogP contribution < -0.4 is 4.74 Å². The Bertz CT molecular complexity index is 334. The molecule has 2 N–H and O–H groups in total. The van der Waals surface area contributed by atoms with E-state index in [9.17, 15) is 5.11 Å². The summed E-state index contributed by atoms with van der Waals surface area (Å²) >= 11 is 0. The van der Waals surface area contributed by atoms with Gasteiger partial charge in [-0.3, -0.25) is 0 Å². The van der Waals surface area contributed by atoms with Gasteiger partial charge in [-0.15, -0.1) is 0 Å². The van der Waals surface area contributed by atoms with Crippen molar-refractivity contribution in [2.75, 3.05) is 13.2 Å². The fraction of sp³-hybridized carbons (Fsp3) is 0.500. The molecule has 0 amide bonds. The maximum absolute atomic E-state index is 9.56. The van der Waals surface area contributed by atoms with E-state index in [2.05, 4.69) is 0 Å². The third-order valence-corrected chi connectivity index (χ3v) is 2.40. The Kier molecular flexibility index (Phi) is 4.12. The second kappa shape index (κ2) is 5.14. The van der Waals surface area contributed by atoms with Gasteiger partial charge in [-0.2, -0.15) is 0 Å². The smallest absolute Gasteiger partial charge is 0.122 e. The van der Waals surface area contributed by atoms with E-state index in [0.29, 0.717) is 6.61 Å². The van der Waals surface area contributed by atoms with E-state index in [1.165, 1.54) is 0 Å². The molecule has 84 valence electrons. The van der Waals surface area contributed by atoms with Crippen molar-refractivity contribution in [1.82, 2.24) is 0 Å². The summed E-state index contributed by atoms with van der Waals surface area (Å²) in [5.74, 6) is 0.837. The number of ether oxygens (including phenoxy) is 1. The molecule has 0 saturated heterocycles. The first-order chi connectivity index (χ1) is 7.10. The van der Waals surface area contributed by atoms with Crippen LogP contribution in [0.5, 0.6) is 5.75 Å². The predicted octanol–water partition coefficient (Wildman–Crippen LogP) is 1.73. The molecule has 0 aliphatic rings. The molecule has 1 aromatic carbocycles. The van der Waals surface area contributed by atoms with Gasteiger partial charge < -0.3 is 14.9 Å². The van der Waals surface area contributed by atoms with Gasteiger partial charge in [0.15, 0.2) is 0 Å². The molecule has 1 unspecified atom stereocenters. The van der Waals surface area contributed by atoms with Gasteiger partial charge in [0.25, 0.3) is 0 Å². The Morgan fingerprint density at radius 1 is 1.27 bits per heavy atom. The van der Waals surface area contributed by atoms with Crippen LogP contribution in [-0.4, -0.2) is 23.4 Å². The maximum Gasteiger partial charge on any atom is 0.122 e. The zero-order valence-electron chi connectivity index (χ0n) is 9.45. The van der Waals surface area contributed by atoms with E-state index in [1.807, 2.05) is 32.9 Å². The lowest BCUT2D eigenvalue weighted by molar-refractivity contribution is 0.0950. The lowest BCUT2D eigenvalue weighted by Gasteiger charge is -2.15. The van der Waals surface area contributed by atoms with Crippen molar-refractivity contribution in [3.63, 3.8) is 0 Å².